The van der Waals surface area contributed by atoms with Crippen molar-refractivity contribution in [2.24, 2.45) is 0 Å². The minimum Gasteiger partial charge on any atom is -0.508 e. The van der Waals surface area contributed by atoms with Crippen molar-refractivity contribution in [2.45, 2.75) is 18.2 Å². The predicted molar refractivity (Wildman–Crippen MR) is 64.8 cm³/mol. The second-order valence-corrected chi connectivity index (χ2v) is 4.49. The van der Waals surface area contributed by atoms with Crippen LogP contribution < -0.4 is 0 Å². The summed E-state index contributed by atoms with van der Waals surface area (Å²) in [7, 11) is 0. The van der Waals surface area contributed by atoms with Gasteiger partial charge >= 0.3 is 5.97 Å². The third kappa shape index (κ3) is 4.40. The second-order valence-electron chi connectivity index (χ2n) is 3.32. The van der Waals surface area contributed by atoms with Crippen LogP contribution in [0.1, 0.15) is 13.3 Å². The van der Waals surface area contributed by atoms with Gasteiger partial charge in [0.2, 0.25) is 0 Å². The van der Waals surface area contributed by atoms with Crippen LogP contribution in [0.5, 0.6) is 5.75 Å². The van der Waals surface area contributed by atoms with E-state index < -0.39 is 5.97 Å². The van der Waals surface area contributed by atoms with Gasteiger partial charge in [0.25, 0.3) is 0 Å². The van der Waals surface area contributed by atoms with Gasteiger partial charge in [-0.15, -0.1) is 11.8 Å². The normalized spacial score (nSPS) is 11.4. The van der Waals surface area contributed by atoms with Crippen LogP contribution in [0.4, 0.5) is 0 Å². The van der Waals surface area contributed by atoms with E-state index in [2.05, 4.69) is 0 Å². The highest BCUT2D eigenvalue weighted by molar-refractivity contribution is 7.99. The van der Waals surface area contributed by atoms with Crippen molar-refractivity contribution in [3.63, 3.8) is 0 Å². The van der Waals surface area contributed by atoms with E-state index in [9.17, 15) is 4.79 Å². The summed E-state index contributed by atoms with van der Waals surface area (Å²) in [5.41, 5.74) is 0.381. The zero-order chi connectivity index (χ0) is 12.0. The third-order valence-corrected chi connectivity index (χ3v) is 3.06. The molecule has 0 atom stereocenters. The molecule has 16 heavy (non-hydrogen) atoms. The first kappa shape index (κ1) is 12.6. The molecule has 4 heteroatoms. The van der Waals surface area contributed by atoms with E-state index in [0.717, 1.165) is 17.1 Å². The molecule has 0 aliphatic rings. The van der Waals surface area contributed by atoms with Crippen molar-refractivity contribution in [1.82, 2.24) is 0 Å². The van der Waals surface area contributed by atoms with Gasteiger partial charge in [0.1, 0.15) is 5.75 Å². The van der Waals surface area contributed by atoms with Crippen molar-refractivity contribution in [3.8, 4) is 5.75 Å². The number of thioether (sulfide) groups is 1. The molecule has 1 rings (SSSR count). The Morgan fingerprint density at radius 3 is 2.56 bits per heavy atom. The highest BCUT2D eigenvalue weighted by Crippen LogP contribution is 2.21. The monoisotopic (exact) mass is 238 g/mol. The number of carboxylic acids is 1. The Labute approximate surface area is 98.8 Å². The zero-order valence-corrected chi connectivity index (χ0v) is 9.83. The van der Waals surface area contributed by atoms with Crippen LogP contribution in [0.25, 0.3) is 0 Å². The molecule has 0 amide bonds. The highest BCUT2D eigenvalue weighted by atomic mass is 32.2. The van der Waals surface area contributed by atoms with Crippen molar-refractivity contribution < 1.29 is 15.0 Å². The maximum Gasteiger partial charge on any atom is 0.330 e. The van der Waals surface area contributed by atoms with Crippen LogP contribution in [0.2, 0.25) is 0 Å². The first-order valence-corrected chi connectivity index (χ1v) is 5.90. The number of hydrogen-bond acceptors (Lipinski definition) is 3. The van der Waals surface area contributed by atoms with Crippen molar-refractivity contribution in [2.75, 3.05) is 5.75 Å². The van der Waals surface area contributed by atoms with Gasteiger partial charge in [-0.1, -0.05) is 6.08 Å². The quantitative estimate of drug-likeness (QED) is 0.470. The van der Waals surface area contributed by atoms with Crippen LogP contribution >= 0.6 is 11.8 Å². The number of aromatic hydroxyl groups is 1. The van der Waals surface area contributed by atoms with E-state index in [1.807, 2.05) is 12.1 Å². The summed E-state index contributed by atoms with van der Waals surface area (Å²) in [6, 6.07) is 6.96. The fraction of sp³-hybridized carbons (Fsp3) is 0.250. The third-order valence-electron chi connectivity index (χ3n) is 2.01. The van der Waals surface area contributed by atoms with E-state index in [-0.39, 0.29) is 5.75 Å². The fourth-order valence-corrected chi connectivity index (χ4v) is 1.88. The summed E-state index contributed by atoms with van der Waals surface area (Å²) in [5, 5.41) is 17.7. The molecule has 0 aliphatic heterocycles. The molecule has 0 radical (unpaired) electrons. The maximum absolute atomic E-state index is 10.5. The number of allylic oxidation sites excluding steroid dienone is 1. The highest BCUT2D eigenvalue weighted by Gasteiger charge is 1.98. The lowest BCUT2D eigenvalue weighted by molar-refractivity contribution is -0.132. The van der Waals surface area contributed by atoms with Gasteiger partial charge in [-0.2, -0.15) is 0 Å². The molecule has 0 bridgehead atoms. The summed E-state index contributed by atoms with van der Waals surface area (Å²) in [6.07, 6.45) is 2.44. The molecule has 0 aromatic heterocycles. The van der Waals surface area contributed by atoms with Gasteiger partial charge in [0, 0.05) is 16.2 Å². The summed E-state index contributed by atoms with van der Waals surface area (Å²) >= 11 is 1.63. The molecule has 2 N–H and O–H groups in total. The first-order chi connectivity index (χ1) is 7.59. The molecule has 86 valence electrons. The smallest absolute Gasteiger partial charge is 0.330 e. The number of hydrogen-bond donors (Lipinski definition) is 2. The Hall–Kier alpha value is -1.42. The molecule has 3 nitrogen and oxygen atoms in total. The van der Waals surface area contributed by atoms with Crippen LogP contribution in [0.3, 0.4) is 0 Å². The van der Waals surface area contributed by atoms with Crippen LogP contribution in [-0.4, -0.2) is 21.9 Å². The van der Waals surface area contributed by atoms with E-state index in [1.165, 1.54) is 0 Å². The van der Waals surface area contributed by atoms with Crippen molar-refractivity contribution >= 4 is 17.7 Å². The molecule has 0 aliphatic carbocycles. The van der Waals surface area contributed by atoms with Crippen LogP contribution in [0.15, 0.2) is 40.8 Å². The molecule has 1 aromatic rings. The van der Waals surface area contributed by atoms with Gasteiger partial charge < -0.3 is 10.2 Å². The predicted octanol–water partition coefficient (Wildman–Crippen LogP) is 2.91. The van der Waals surface area contributed by atoms with Gasteiger partial charge in [-0.3, -0.25) is 0 Å². The molecule has 0 unspecified atom stereocenters. The van der Waals surface area contributed by atoms with Crippen LogP contribution in [-0.2, 0) is 4.79 Å². The maximum atomic E-state index is 10.5. The van der Waals surface area contributed by atoms with Gasteiger partial charge in [-0.05, 0) is 37.6 Å². The first-order valence-electron chi connectivity index (χ1n) is 4.91. The lowest BCUT2D eigenvalue weighted by Crippen LogP contribution is -1.95. The zero-order valence-electron chi connectivity index (χ0n) is 9.01. The van der Waals surface area contributed by atoms with Crippen LogP contribution in [0, 0.1) is 0 Å². The molecule has 0 saturated carbocycles. The van der Waals surface area contributed by atoms with Gasteiger partial charge in [0.15, 0.2) is 0 Å². The standard InChI is InChI=1S/C12H14O3S/c1-9(12(14)15)3-2-8-16-11-6-4-10(13)5-7-11/h3-7,13H,2,8H2,1H3,(H,14,15). The van der Waals surface area contributed by atoms with Gasteiger partial charge in [0.05, 0.1) is 0 Å². The van der Waals surface area contributed by atoms with E-state index in [0.29, 0.717) is 5.57 Å². The number of aliphatic carboxylic acids is 1. The average Bonchev–Trinajstić information content (AvgIpc) is 2.26. The summed E-state index contributed by atoms with van der Waals surface area (Å²) in [5.74, 6) is 0.218. The SMILES string of the molecule is CC(=CCCSc1ccc(O)cc1)C(=O)O. The van der Waals surface area contributed by atoms with Crippen molar-refractivity contribution in [1.29, 1.82) is 0 Å². The number of carbonyl (C=O) groups is 1. The topological polar surface area (TPSA) is 57.5 Å². The molecule has 1 aromatic carbocycles. The molecule has 0 saturated heterocycles. The second kappa shape index (κ2) is 6.23. The van der Waals surface area contributed by atoms with E-state index in [4.69, 9.17) is 10.2 Å². The lowest BCUT2D eigenvalue weighted by Gasteiger charge is -1.99. The number of rotatable bonds is 5. The minimum absolute atomic E-state index is 0.256. The molecule has 0 heterocycles. The van der Waals surface area contributed by atoms with E-state index in [1.54, 1.807) is 36.9 Å². The Morgan fingerprint density at radius 1 is 1.38 bits per heavy atom. The Balaban J connectivity index is 2.34. The largest absolute Gasteiger partial charge is 0.508 e. The number of phenols is 1. The Kier molecular flexibility index (Phi) is 4.92. The lowest BCUT2D eigenvalue weighted by atomic mass is 10.2. The van der Waals surface area contributed by atoms with E-state index >= 15 is 0 Å². The molecule has 0 fully saturated rings. The average molecular weight is 238 g/mol. The fourth-order valence-electron chi connectivity index (χ4n) is 1.08. The number of phenolic OH excluding ortho intramolecular Hbond substituents is 1. The minimum atomic E-state index is -0.866. The number of benzene rings is 1. The Morgan fingerprint density at radius 2 is 2.00 bits per heavy atom. The summed E-state index contributed by atoms with van der Waals surface area (Å²) in [6.45, 7) is 1.59. The molecule has 0 spiro atoms. The molecular formula is C12H14O3S. The molecular weight excluding hydrogens is 224 g/mol. The number of carboxylic acid groups (broad SMARTS) is 1. The summed E-state index contributed by atoms with van der Waals surface area (Å²) in [4.78, 5) is 11.6. The Bertz CT molecular complexity index is 382. The van der Waals surface area contributed by atoms with Crippen molar-refractivity contribution in [3.05, 3.63) is 35.9 Å². The summed E-state index contributed by atoms with van der Waals surface area (Å²) < 4.78 is 0. The van der Waals surface area contributed by atoms with Gasteiger partial charge in [-0.25, -0.2) is 4.79 Å².